The number of nitrogens with one attached hydrogen (secondary N) is 1. The second kappa shape index (κ2) is 13.7. The summed E-state index contributed by atoms with van der Waals surface area (Å²) < 4.78 is 54.7. The molecule has 0 saturated carbocycles. The Labute approximate surface area is 300 Å². The first-order valence-corrected chi connectivity index (χ1v) is 18.4. The standard InChI is InChI=1S/C39H43F4N7O2/c40-38(41)13-19-47(20-14-38)36(51)49-17-1-3-33(49)31-23-30(24-44-31)28-7-5-26(6-8-28)27-9-11-29(12-10-27)32-25-45-35(46-32)34-4-2-18-50(34)37(52)48-21-15-39(42,43)16-22-48/h5-12,24-25,33-34H,1-4,13-23H2,(H,45,46)/t33-,34-/m0/s1. The summed E-state index contributed by atoms with van der Waals surface area (Å²) in [6, 6.07) is 15.9. The van der Waals surface area contributed by atoms with E-state index in [0.717, 1.165) is 64.9 Å². The molecule has 9 nitrogen and oxygen atoms in total. The first-order chi connectivity index (χ1) is 25.0. The number of halogens is 4. The third kappa shape index (κ3) is 6.93. The number of allylic oxidation sites excluding steroid dienone is 1. The summed E-state index contributed by atoms with van der Waals surface area (Å²) in [5.41, 5.74) is 7.04. The Bertz CT molecular complexity index is 1850. The van der Waals surface area contributed by atoms with Crippen molar-refractivity contribution >= 4 is 23.3 Å². The van der Waals surface area contributed by atoms with Crippen molar-refractivity contribution in [2.75, 3.05) is 39.3 Å². The van der Waals surface area contributed by atoms with Gasteiger partial charge in [0.25, 0.3) is 11.8 Å². The predicted octanol–water partition coefficient (Wildman–Crippen LogP) is 8.23. The van der Waals surface area contributed by atoms with Crippen LogP contribution in [0.2, 0.25) is 0 Å². The van der Waals surface area contributed by atoms with Gasteiger partial charge >= 0.3 is 12.1 Å². The lowest BCUT2D eigenvalue weighted by atomic mass is 9.96. The van der Waals surface area contributed by atoms with Gasteiger partial charge in [-0.05, 0) is 53.5 Å². The molecule has 0 aliphatic carbocycles. The number of aromatic nitrogens is 2. The first-order valence-electron chi connectivity index (χ1n) is 18.4. The highest BCUT2D eigenvalue weighted by Crippen LogP contribution is 2.36. The largest absolute Gasteiger partial charge is 0.340 e. The Balaban J connectivity index is 0.870. The molecular formula is C39H43F4N7O2. The smallest absolute Gasteiger partial charge is 0.320 e. The van der Waals surface area contributed by atoms with Crippen LogP contribution in [0.25, 0.3) is 28.0 Å². The molecule has 1 aromatic heterocycles. The van der Waals surface area contributed by atoms with Crippen molar-refractivity contribution in [3.63, 3.8) is 0 Å². The monoisotopic (exact) mass is 717 g/mol. The van der Waals surface area contributed by atoms with E-state index in [2.05, 4.69) is 46.4 Å². The number of hydrogen-bond acceptors (Lipinski definition) is 4. The number of benzene rings is 2. The summed E-state index contributed by atoms with van der Waals surface area (Å²) in [5, 5.41) is 0. The number of aromatic amines is 1. The van der Waals surface area contributed by atoms with Gasteiger partial charge in [0.2, 0.25) is 0 Å². The fourth-order valence-corrected chi connectivity index (χ4v) is 8.24. The second-order valence-electron chi connectivity index (χ2n) is 14.7. The van der Waals surface area contributed by atoms with Gasteiger partial charge in [0.15, 0.2) is 0 Å². The number of carbonyl (C=O) groups is 2. The van der Waals surface area contributed by atoms with Crippen molar-refractivity contribution in [1.82, 2.24) is 29.6 Å². The molecule has 0 unspecified atom stereocenters. The molecular weight excluding hydrogens is 674 g/mol. The van der Waals surface area contributed by atoms with E-state index in [1.54, 1.807) is 20.9 Å². The third-order valence-corrected chi connectivity index (χ3v) is 11.4. The molecule has 5 aliphatic rings. The molecule has 4 saturated heterocycles. The van der Waals surface area contributed by atoms with E-state index in [1.807, 2.05) is 23.2 Å². The van der Waals surface area contributed by atoms with Crippen molar-refractivity contribution in [2.24, 2.45) is 4.99 Å². The van der Waals surface area contributed by atoms with Crippen LogP contribution in [-0.2, 0) is 0 Å². The highest BCUT2D eigenvalue weighted by molar-refractivity contribution is 6.03. The Morgan fingerprint density at radius 2 is 1.13 bits per heavy atom. The lowest BCUT2D eigenvalue weighted by Gasteiger charge is -2.36. The maximum absolute atomic E-state index is 13.7. The maximum atomic E-state index is 13.7. The molecule has 8 rings (SSSR count). The lowest BCUT2D eigenvalue weighted by Crippen LogP contribution is -2.51. The van der Waals surface area contributed by atoms with Crippen LogP contribution < -0.4 is 0 Å². The number of imidazole rings is 1. The van der Waals surface area contributed by atoms with E-state index in [0.29, 0.717) is 25.3 Å². The number of rotatable bonds is 5. The topological polar surface area (TPSA) is 88.1 Å². The number of piperidine rings is 2. The first kappa shape index (κ1) is 34.4. The molecule has 3 aromatic rings. The number of hydrogen-bond donors (Lipinski definition) is 1. The minimum atomic E-state index is -2.70. The van der Waals surface area contributed by atoms with Gasteiger partial charge in [0.05, 0.1) is 24.0 Å². The average Bonchev–Trinajstić information content (AvgIpc) is 3.98. The summed E-state index contributed by atoms with van der Waals surface area (Å²) in [6.45, 7) is 1.51. The van der Waals surface area contributed by atoms with Crippen molar-refractivity contribution in [3.05, 3.63) is 72.3 Å². The zero-order valence-corrected chi connectivity index (χ0v) is 29.0. The van der Waals surface area contributed by atoms with Gasteiger partial charge in [-0.2, -0.15) is 0 Å². The van der Waals surface area contributed by atoms with Crippen LogP contribution in [0.4, 0.5) is 27.2 Å². The minimum Gasteiger partial charge on any atom is -0.340 e. The summed E-state index contributed by atoms with van der Waals surface area (Å²) >= 11 is 0. The molecule has 2 aromatic carbocycles. The second-order valence-corrected chi connectivity index (χ2v) is 14.7. The van der Waals surface area contributed by atoms with Gasteiger partial charge in [0.1, 0.15) is 5.82 Å². The number of likely N-dealkylation sites (tertiary alicyclic amines) is 4. The van der Waals surface area contributed by atoms with Crippen LogP contribution >= 0.6 is 0 Å². The minimum absolute atomic E-state index is 0.0681. The van der Waals surface area contributed by atoms with Crippen LogP contribution in [0.15, 0.2) is 65.9 Å². The molecule has 52 heavy (non-hydrogen) atoms. The zero-order valence-electron chi connectivity index (χ0n) is 29.0. The Morgan fingerprint density at radius 3 is 1.69 bits per heavy atom. The molecule has 0 bridgehead atoms. The van der Waals surface area contributed by atoms with Crippen molar-refractivity contribution in [1.29, 1.82) is 0 Å². The summed E-state index contributed by atoms with van der Waals surface area (Å²) in [7, 11) is 0. The van der Waals surface area contributed by atoms with Gasteiger partial charge < -0.3 is 24.6 Å². The van der Waals surface area contributed by atoms with E-state index in [1.165, 1.54) is 0 Å². The van der Waals surface area contributed by atoms with Crippen LogP contribution in [-0.4, -0.2) is 104 Å². The fraction of sp³-hybridized carbons (Fsp3) is 0.487. The number of amides is 4. The molecule has 2 atom stereocenters. The van der Waals surface area contributed by atoms with Crippen LogP contribution in [0.5, 0.6) is 0 Å². The maximum Gasteiger partial charge on any atom is 0.320 e. The number of nitrogens with zero attached hydrogens (tertiary/aromatic N) is 6. The number of urea groups is 2. The van der Waals surface area contributed by atoms with Gasteiger partial charge in [0, 0.05) is 83.3 Å². The molecule has 5 aliphatic heterocycles. The zero-order chi connectivity index (χ0) is 36.0. The van der Waals surface area contributed by atoms with E-state index in [4.69, 9.17) is 4.99 Å². The van der Waals surface area contributed by atoms with Crippen LogP contribution in [0.3, 0.4) is 0 Å². The van der Waals surface area contributed by atoms with Crippen molar-refractivity contribution in [3.8, 4) is 22.4 Å². The normalized spacial score (nSPS) is 24.3. The highest BCUT2D eigenvalue weighted by Gasteiger charge is 2.42. The summed E-state index contributed by atoms with van der Waals surface area (Å²) in [5.74, 6) is -4.68. The van der Waals surface area contributed by atoms with Crippen LogP contribution in [0.1, 0.15) is 75.2 Å². The highest BCUT2D eigenvalue weighted by atomic mass is 19.3. The molecule has 6 heterocycles. The molecule has 0 radical (unpaired) electrons. The number of alkyl halides is 4. The van der Waals surface area contributed by atoms with Gasteiger partial charge in [-0.25, -0.2) is 32.1 Å². The predicted molar refractivity (Wildman–Crippen MR) is 190 cm³/mol. The number of H-pyrrole nitrogens is 1. The quantitative estimate of drug-likeness (QED) is 0.270. The van der Waals surface area contributed by atoms with Gasteiger partial charge in [-0.3, -0.25) is 4.99 Å². The summed E-state index contributed by atoms with van der Waals surface area (Å²) in [4.78, 5) is 46.0. The number of aliphatic imine (C=N–C) groups is 1. The van der Waals surface area contributed by atoms with E-state index in [9.17, 15) is 27.2 Å². The fourth-order valence-electron chi connectivity index (χ4n) is 8.24. The molecule has 274 valence electrons. The lowest BCUT2D eigenvalue weighted by molar-refractivity contribution is -0.0500. The SMILES string of the molecule is O=C(N1CCC(F)(F)CC1)N1CCC[C@H]1C1=NC=C(c2ccc(-c3ccc(-c4cnc([C@@H]5CCCN5C(=O)N5CCC(F)(F)CC5)[nH]4)cc3)cc2)C1. The number of carbonyl (C=O) groups excluding carboxylic acids is 2. The Kier molecular flexibility index (Phi) is 9.07. The van der Waals surface area contributed by atoms with Gasteiger partial charge in [-0.1, -0.05) is 48.5 Å². The van der Waals surface area contributed by atoms with Crippen LogP contribution in [0, 0.1) is 0 Å². The molecule has 4 fully saturated rings. The van der Waals surface area contributed by atoms with Gasteiger partial charge in [-0.15, -0.1) is 0 Å². The van der Waals surface area contributed by atoms with E-state index in [-0.39, 0.29) is 76.0 Å². The summed E-state index contributed by atoms with van der Waals surface area (Å²) in [6.07, 6.45) is 6.46. The average molecular weight is 718 g/mol. The Hall–Kier alpha value is -4.68. The molecule has 4 amide bonds. The van der Waals surface area contributed by atoms with E-state index < -0.39 is 11.8 Å². The van der Waals surface area contributed by atoms with E-state index >= 15 is 0 Å². The third-order valence-electron chi connectivity index (χ3n) is 11.4. The Morgan fingerprint density at radius 1 is 0.654 bits per heavy atom. The van der Waals surface area contributed by atoms with Crippen molar-refractivity contribution in [2.45, 2.75) is 81.7 Å². The molecule has 13 heteroatoms. The van der Waals surface area contributed by atoms with Crippen molar-refractivity contribution < 1.29 is 27.2 Å². The molecule has 0 spiro atoms. The molecule has 1 N–H and O–H groups in total.